The number of rotatable bonds is 4. The third-order valence-electron chi connectivity index (χ3n) is 9.83. The Labute approximate surface area is 344 Å². The summed E-state index contributed by atoms with van der Waals surface area (Å²) in [5.74, 6) is 1.16. The molecule has 3 aromatic heterocycles. The van der Waals surface area contributed by atoms with Gasteiger partial charge in [-0.2, -0.15) is 0 Å². The van der Waals surface area contributed by atoms with E-state index in [1.165, 1.54) is 42.5 Å². The molecule has 54 heavy (non-hydrogen) atoms. The van der Waals surface area contributed by atoms with E-state index >= 15 is 0 Å². The zero-order valence-corrected chi connectivity index (χ0v) is 32.6. The Hall–Kier alpha value is -5.20. The van der Waals surface area contributed by atoms with Gasteiger partial charge < -0.3 is 14.4 Å². The van der Waals surface area contributed by atoms with Crippen LogP contribution in [0.5, 0.6) is 0 Å². The molecule has 0 N–H and O–H groups in total. The Morgan fingerprint density at radius 2 is 1.24 bits per heavy atom. The third kappa shape index (κ3) is 6.51. The summed E-state index contributed by atoms with van der Waals surface area (Å²) in [6.45, 7) is 8.53. The number of nitrogens with zero attached hydrogens (tertiary/aromatic N) is 5. The average Bonchev–Trinajstić information content (AvgIpc) is 3.93. The van der Waals surface area contributed by atoms with Gasteiger partial charge in [0.1, 0.15) is 0 Å². The molecule has 4 bridgehead atoms. The largest absolute Gasteiger partial charge is 0.366 e. The van der Waals surface area contributed by atoms with Gasteiger partial charge in [-0.3, -0.25) is 9.13 Å². The number of hydrogen-bond acceptors (Lipinski definition) is 1. The monoisotopic (exact) mass is 895 g/mol. The van der Waals surface area contributed by atoms with Crippen LogP contribution in [0, 0.1) is 6.33 Å². The number of benzene rings is 6. The molecule has 5 nitrogen and oxygen atoms in total. The number of imidazole rings is 3. The Kier molecular flexibility index (Phi) is 7.56. The van der Waals surface area contributed by atoms with Gasteiger partial charge in [0.15, 0.2) is 0 Å². The number of aryl methyl sites for hydroxylation is 4. The van der Waals surface area contributed by atoms with E-state index in [4.69, 9.17) is 8.22 Å². The van der Waals surface area contributed by atoms with Gasteiger partial charge in [-0.1, -0.05) is 161 Å². The fourth-order valence-electron chi connectivity index (χ4n) is 7.18. The minimum Gasteiger partial charge on any atom is -0.366 e. The van der Waals surface area contributed by atoms with Crippen LogP contribution in [0.2, 0.25) is 0 Å². The van der Waals surface area contributed by atoms with Gasteiger partial charge in [0.25, 0.3) is 6.33 Å². The van der Waals surface area contributed by atoms with E-state index in [0.29, 0.717) is 5.52 Å². The molecule has 6 aromatic carbocycles. The van der Waals surface area contributed by atoms with E-state index < -0.39 is 25.5 Å². The third-order valence-corrected chi connectivity index (χ3v) is 9.83. The van der Waals surface area contributed by atoms with Crippen molar-refractivity contribution in [1.82, 2.24) is 18.9 Å². The zero-order valence-electron chi connectivity index (χ0n) is 38.4. The minimum atomic E-state index is -2.57. The van der Waals surface area contributed by atoms with Crippen molar-refractivity contribution < 1.29 is 37.9 Å². The first-order chi connectivity index (χ1) is 28.9. The molecule has 273 valence electrons. The molecule has 4 aliphatic rings. The van der Waals surface area contributed by atoms with E-state index in [9.17, 15) is 2.74 Å². The molecule has 6 heteroatoms. The molecule has 1 radical (unpaired) electrons. The van der Waals surface area contributed by atoms with Gasteiger partial charge in [-0.25, -0.2) is 0 Å². The normalized spacial score (nSPS) is 18.6. The van der Waals surface area contributed by atoms with Gasteiger partial charge >= 0.3 is 0 Å². The number of aromatic nitrogens is 5. The smallest absolute Gasteiger partial charge is 0.269 e. The van der Waals surface area contributed by atoms with Gasteiger partial charge in [-0.05, 0) is 71.2 Å². The van der Waals surface area contributed by atoms with Crippen molar-refractivity contribution in [3.63, 3.8) is 0 Å². The summed E-state index contributed by atoms with van der Waals surface area (Å²) in [4.78, 5) is 9.01. The van der Waals surface area contributed by atoms with Crippen LogP contribution in [0.1, 0.15) is 83.9 Å². The van der Waals surface area contributed by atoms with Crippen molar-refractivity contribution in [2.24, 2.45) is 0 Å². The first kappa shape index (κ1) is 27.4. The maximum Gasteiger partial charge on any atom is 0.269 e. The summed E-state index contributed by atoms with van der Waals surface area (Å²) in [7, 11) is 0. The van der Waals surface area contributed by atoms with E-state index in [2.05, 4.69) is 78.7 Å². The maximum atomic E-state index is 9.27. The molecule has 0 spiro atoms. The van der Waals surface area contributed by atoms with Crippen LogP contribution in [0.4, 0.5) is 0 Å². The van der Waals surface area contributed by atoms with E-state index in [1.807, 2.05) is 65.2 Å². The molecule has 0 saturated heterocycles. The molecule has 0 aliphatic heterocycles. The number of fused-ring (bicyclic) bond motifs is 6. The Morgan fingerprint density at radius 1 is 0.648 bits per heavy atom. The number of hydrogen-bond donors (Lipinski definition) is 0. The first-order valence-electron chi connectivity index (χ1n) is 22.1. The predicted molar refractivity (Wildman–Crippen MR) is 217 cm³/mol. The molecule has 0 unspecified atom stereocenters. The average molecular weight is 896 g/mol. The fraction of sp³-hybridized carbons (Fsp3) is 0.208. The van der Waals surface area contributed by atoms with Gasteiger partial charge in [0.05, 0.1) is 22.4 Å². The Balaban J connectivity index is 0.000000257. The second-order valence-electron chi connectivity index (χ2n) is 14.0. The molecule has 3 heterocycles. The summed E-state index contributed by atoms with van der Waals surface area (Å²) < 4.78 is 78.2. The molecule has 0 atom stereocenters. The van der Waals surface area contributed by atoms with Gasteiger partial charge in [0.2, 0.25) is 0 Å². The molecular weight excluding hydrogens is 844 g/mol. The van der Waals surface area contributed by atoms with E-state index in [-0.39, 0.29) is 62.2 Å². The van der Waals surface area contributed by atoms with Crippen LogP contribution in [-0.4, -0.2) is 14.0 Å². The standard InChI is InChI=1S/C35H36N2.C13H8N3.Au/c1-24(2)30-8-7-9-31(25(3)4)35(30)37-23-36(32-10-5-6-11-33(32)37)34-22-28-17-16-26-12-14-27(15-13-26)18-20-29(34)21-19-28;1-3-7-11-9(5-1)14-13-15-10-6-2-4-8-12(10)16(11)13;/h5-15,19,21-22,24-25H,16-18,20H2,1-4H3;1-8H;/q;-1;/i16D2,17D2,18D2,20D2;;. The van der Waals surface area contributed by atoms with Crippen LogP contribution >= 0.6 is 0 Å². The van der Waals surface area contributed by atoms with E-state index in [0.717, 1.165) is 50.2 Å². The second-order valence-corrected chi connectivity index (χ2v) is 14.0. The zero-order chi connectivity index (χ0) is 43.2. The molecular formula is C48H44AuN5-. The summed E-state index contributed by atoms with van der Waals surface area (Å²) in [6, 6.07) is 39.7. The minimum absolute atomic E-state index is 0. The molecule has 0 saturated carbocycles. The van der Waals surface area contributed by atoms with Crippen molar-refractivity contribution in [3.05, 3.63) is 173 Å². The van der Waals surface area contributed by atoms with Crippen LogP contribution < -0.4 is 9.55 Å². The Morgan fingerprint density at radius 3 is 1.96 bits per heavy atom. The van der Waals surface area contributed by atoms with Crippen molar-refractivity contribution in [2.45, 2.75) is 65.0 Å². The SMILES string of the molecule is [2H]C1([2H])c2ccc(cc2)C([2H])([2H])C([2H])([2H])c2ccc(cc2-[n+]2[c-]n(-c3c(C(C)C)cccc3C(C)C)c3ccccc32)C1([2H])[2H].[Au].c1ccc2c(c1)nc1[n-]c3ccccc3n12. The van der Waals surface area contributed by atoms with Crippen LogP contribution in [-0.2, 0) is 47.9 Å². The quantitative estimate of drug-likeness (QED) is 0.100. The topological polar surface area (TPSA) is 40.2 Å². The summed E-state index contributed by atoms with van der Waals surface area (Å²) in [6.07, 6.45) is -6.61. The summed E-state index contributed by atoms with van der Waals surface area (Å²) >= 11 is 0. The number of para-hydroxylation sites is 7. The van der Waals surface area contributed by atoms with E-state index in [1.54, 1.807) is 4.57 Å². The Bertz CT molecular complexity index is 3040. The van der Waals surface area contributed by atoms with Gasteiger partial charge in [-0.15, -0.1) is 0 Å². The van der Waals surface area contributed by atoms with Crippen LogP contribution in [0.25, 0.3) is 50.3 Å². The maximum absolute atomic E-state index is 9.27. The first-order valence-corrected chi connectivity index (χ1v) is 18.1. The molecule has 0 fully saturated rings. The second kappa shape index (κ2) is 14.9. The predicted octanol–water partition coefficient (Wildman–Crippen LogP) is 10.4. The summed E-state index contributed by atoms with van der Waals surface area (Å²) in [5.41, 5.74) is 9.16. The molecule has 4 aliphatic carbocycles. The van der Waals surface area contributed by atoms with Crippen molar-refractivity contribution >= 4 is 38.9 Å². The van der Waals surface area contributed by atoms with Crippen molar-refractivity contribution in [3.8, 4) is 11.4 Å². The molecule has 9 aromatic rings. The summed E-state index contributed by atoms with van der Waals surface area (Å²) in [5, 5.41) is 0. The van der Waals surface area contributed by atoms with Crippen LogP contribution in [0.3, 0.4) is 0 Å². The fourth-order valence-corrected chi connectivity index (χ4v) is 7.18. The van der Waals surface area contributed by atoms with Crippen molar-refractivity contribution in [2.75, 3.05) is 0 Å². The molecule has 0 amide bonds. The van der Waals surface area contributed by atoms with Gasteiger partial charge in [0, 0.05) is 61.2 Å². The van der Waals surface area contributed by atoms with Crippen LogP contribution in [0.15, 0.2) is 133 Å². The molecule has 13 rings (SSSR count). The van der Waals surface area contributed by atoms with Crippen molar-refractivity contribution in [1.29, 1.82) is 0 Å².